The molecule has 5 nitrogen and oxygen atoms in total. The first kappa shape index (κ1) is 16.9. The van der Waals surface area contributed by atoms with Gasteiger partial charge in [-0.3, -0.25) is 9.59 Å². The maximum Gasteiger partial charge on any atom is 0.313 e. The number of halogens is 2. The molecule has 1 aliphatic heterocycles. The Bertz CT molecular complexity index is 571. The molecule has 1 aromatic rings. The first-order chi connectivity index (χ1) is 10.4. The van der Waals surface area contributed by atoms with Gasteiger partial charge in [0.25, 0.3) is 5.91 Å². The fraction of sp³-hybridized carbons (Fsp3) is 0.467. The van der Waals surface area contributed by atoms with Gasteiger partial charge in [0.2, 0.25) is 0 Å². The van der Waals surface area contributed by atoms with E-state index >= 15 is 0 Å². The standard InChI is InChI=1S/C15H17BrFNO4/c1-22-9-15(14(20)21)3-2-4-18(8-15)13(19)10-5-11(16)7-12(17)6-10/h5-7H,2-4,8-9H2,1H3,(H,20,21). The van der Waals surface area contributed by atoms with Crippen molar-refractivity contribution in [2.24, 2.45) is 5.41 Å². The van der Waals surface area contributed by atoms with Gasteiger partial charge < -0.3 is 14.7 Å². The summed E-state index contributed by atoms with van der Waals surface area (Å²) in [5.41, 5.74) is -0.904. The molecule has 22 heavy (non-hydrogen) atoms. The quantitative estimate of drug-likeness (QED) is 0.880. The van der Waals surface area contributed by atoms with E-state index in [-0.39, 0.29) is 24.6 Å². The number of carbonyl (C=O) groups excluding carboxylic acids is 1. The van der Waals surface area contributed by atoms with Crippen molar-refractivity contribution in [2.75, 3.05) is 26.8 Å². The summed E-state index contributed by atoms with van der Waals surface area (Å²) in [5.74, 6) is -1.87. The zero-order valence-electron chi connectivity index (χ0n) is 12.1. The highest BCUT2D eigenvalue weighted by atomic mass is 79.9. The van der Waals surface area contributed by atoms with E-state index < -0.39 is 17.2 Å². The number of carbonyl (C=O) groups is 2. The Hall–Kier alpha value is -1.47. The number of carboxylic acid groups (broad SMARTS) is 1. The topological polar surface area (TPSA) is 66.8 Å². The SMILES string of the molecule is COCC1(C(=O)O)CCCN(C(=O)c2cc(F)cc(Br)c2)C1. The van der Waals surface area contributed by atoms with E-state index in [9.17, 15) is 19.1 Å². The Morgan fingerprint density at radius 2 is 2.18 bits per heavy atom. The van der Waals surface area contributed by atoms with Crippen LogP contribution in [0.25, 0.3) is 0 Å². The van der Waals surface area contributed by atoms with Crippen LogP contribution in [0.3, 0.4) is 0 Å². The molecule has 120 valence electrons. The highest BCUT2D eigenvalue weighted by Gasteiger charge is 2.44. The van der Waals surface area contributed by atoms with Crippen LogP contribution in [-0.4, -0.2) is 48.7 Å². The highest BCUT2D eigenvalue weighted by Crippen LogP contribution is 2.32. The average Bonchev–Trinajstić information content (AvgIpc) is 2.46. The molecule has 1 N–H and O–H groups in total. The van der Waals surface area contributed by atoms with Crippen molar-refractivity contribution in [2.45, 2.75) is 12.8 Å². The molecule has 1 heterocycles. The molecule has 7 heteroatoms. The molecule has 1 fully saturated rings. The minimum Gasteiger partial charge on any atom is -0.481 e. The second kappa shape index (κ2) is 6.75. The largest absolute Gasteiger partial charge is 0.481 e. The van der Waals surface area contributed by atoms with Gasteiger partial charge in [0.15, 0.2) is 0 Å². The Balaban J connectivity index is 2.24. The molecule has 1 atom stereocenters. The number of amides is 1. The van der Waals surface area contributed by atoms with Crippen LogP contribution in [-0.2, 0) is 9.53 Å². The summed E-state index contributed by atoms with van der Waals surface area (Å²) < 4.78 is 18.9. The summed E-state index contributed by atoms with van der Waals surface area (Å²) in [4.78, 5) is 25.6. The number of benzene rings is 1. The molecule has 1 saturated heterocycles. The highest BCUT2D eigenvalue weighted by molar-refractivity contribution is 9.10. The summed E-state index contributed by atoms with van der Waals surface area (Å²) in [6.07, 6.45) is 1.02. The van der Waals surface area contributed by atoms with Gasteiger partial charge in [-0.15, -0.1) is 0 Å². The third-order valence-corrected chi connectivity index (χ3v) is 4.31. The van der Waals surface area contributed by atoms with E-state index in [0.717, 1.165) is 6.07 Å². The van der Waals surface area contributed by atoms with E-state index in [0.29, 0.717) is 23.9 Å². The van der Waals surface area contributed by atoms with E-state index in [1.165, 1.54) is 24.1 Å². The van der Waals surface area contributed by atoms with Crippen LogP contribution in [0.4, 0.5) is 4.39 Å². The van der Waals surface area contributed by atoms with Crippen molar-refractivity contribution in [3.63, 3.8) is 0 Å². The molecular weight excluding hydrogens is 357 g/mol. The minimum absolute atomic E-state index is 0.0406. The molecule has 0 radical (unpaired) electrons. The molecule has 0 bridgehead atoms. The average molecular weight is 374 g/mol. The normalized spacial score (nSPS) is 21.7. The van der Waals surface area contributed by atoms with Crippen LogP contribution in [0, 0.1) is 11.2 Å². The van der Waals surface area contributed by atoms with Crippen LogP contribution < -0.4 is 0 Å². The zero-order chi connectivity index (χ0) is 16.3. The first-order valence-corrected chi connectivity index (χ1v) is 7.65. The number of rotatable bonds is 4. The van der Waals surface area contributed by atoms with Crippen molar-refractivity contribution in [3.05, 3.63) is 34.1 Å². The second-order valence-electron chi connectivity index (χ2n) is 5.51. The molecule has 0 aromatic heterocycles. The second-order valence-corrected chi connectivity index (χ2v) is 6.42. The summed E-state index contributed by atoms with van der Waals surface area (Å²) in [5, 5.41) is 9.49. The van der Waals surface area contributed by atoms with Crippen LogP contribution in [0.5, 0.6) is 0 Å². The van der Waals surface area contributed by atoms with Crippen molar-refractivity contribution < 1.29 is 23.8 Å². The smallest absolute Gasteiger partial charge is 0.313 e. The van der Waals surface area contributed by atoms with Gasteiger partial charge in [-0.2, -0.15) is 0 Å². The van der Waals surface area contributed by atoms with Gasteiger partial charge in [0.1, 0.15) is 11.2 Å². The molecule has 0 aliphatic carbocycles. The molecule has 1 aromatic carbocycles. The number of likely N-dealkylation sites (tertiary alicyclic amines) is 1. The van der Waals surface area contributed by atoms with Crippen molar-refractivity contribution in [1.82, 2.24) is 4.90 Å². The Labute approximate surface area is 136 Å². The van der Waals surface area contributed by atoms with Crippen LogP contribution in [0.15, 0.2) is 22.7 Å². The maximum absolute atomic E-state index is 13.4. The van der Waals surface area contributed by atoms with Gasteiger partial charge in [0, 0.05) is 30.2 Å². The third-order valence-electron chi connectivity index (χ3n) is 3.85. The fourth-order valence-corrected chi connectivity index (χ4v) is 3.26. The molecule has 0 spiro atoms. The van der Waals surface area contributed by atoms with Crippen molar-refractivity contribution >= 4 is 27.8 Å². The maximum atomic E-state index is 13.4. The molecule has 2 rings (SSSR count). The Morgan fingerprint density at radius 3 is 2.77 bits per heavy atom. The number of methoxy groups -OCH3 is 1. The Kier molecular flexibility index (Phi) is 5.18. The summed E-state index contributed by atoms with van der Waals surface area (Å²) in [6, 6.07) is 3.94. The van der Waals surface area contributed by atoms with Crippen molar-refractivity contribution in [1.29, 1.82) is 0 Å². The predicted molar refractivity (Wildman–Crippen MR) is 81.2 cm³/mol. The van der Waals surface area contributed by atoms with E-state index in [4.69, 9.17) is 4.74 Å². The monoisotopic (exact) mass is 373 g/mol. The number of hydrogen-bond acceptors (Lipinski definition) is 3. The van der Waals surface area contributed by atoms with Gasteiger partial charge in [-0.1, -0.05) is 15.9 Å². The lowest BCUT2D eigenvalue weighted by Gasteiger charge is -2.39. The van der Waals surface area contributed by atoms with E-state index in [1.54, 1.807) is 0 Å². The lowest BCUT2D eigenvalue weighted by Crippen LogP contribution is -2.52. The number of hydrogen-bond donors (Lipinski definition) is 1. The summed E-state index contributed by atoms with van der Waals surface area (Å²) >= 11 is 3.15. The van der Waals surface area contributed by atoms with E-state index in [1.807, 2.05) is 0 Å². The van der Waals surface area contributed by atoms with Crippen LogP contribution >= 0.6 is 15.9 Å². The molecule has 1 aliphatic rings. The third kappa shape index (κ3) is 3.47. The van der Waals surface area contributed by atoms with Crippen molar-refractivity contribution in [3.8, 4) is 0 Å². The van der Waals surface area contributed by atoms with Gasteiger partial charge in [0.05, 0.1) is 6.61 Å². The van der Waals surface area contributed by atoms with Gasteiger partial charge >= 0.3 is 5.97 Å². The molecule has 0 saturated carbocycles. The fourth-order valence-electron chi connectivity index (χ4n) is 2.80. The molecule has 1 amide bonds. The first-order valence-electron chi connectivity index (χ1n) is 6.86. The number of nitrogens with zero attached hydrogens (tertiary/aromatic N) is 1. The number of piperidine rings is 1. The molecule has 1 unspecified atom stereocenters. The van der Waals surface area contributed by atoms with Crippen LogP contribution in [0.1, 0.15) is 23.2 Å². The Morgan fingerprint density at radius 1 is 1.45 bits per heavy atom. The predicted octanol–water partition coefficient (Wildman–Crippen LogP) is 2.54. The minimum atomic E-state index is -1.10. The van der Waals surface area contributed by atoms with Gasteiger partial charge in [-0.05, 0) is 31.0 Å². The summed E-state index contributed by atoms with van der Waals surface area (Å²) in [7, 11) is 1.44. The lowest BCUT2D eigenvalue weighted by molar-refractivity contribution is -0.155. The van der Waals surface area contributed by atoms with Gasteiger partial charge in [-0.25, -0.2) is 4.39 Å². The van der Waals surface area contributed by atoms with Crippen LogP contribution in [0.2, 0.25) is 0 Å². The number of aliphatic carboxylic acids is 1. The summed E-state index contributed by atoms with van der Waals surface area (Å²) in [6.45, 7) is 0.549. The number of ether oxygens (including phenoxy) is 1. The van der Waals surface area contributed by atoms with E-state index in [2.05, 4.69) is 15.9 Å². The zero-order valence-corrected chi connectivity index (χ0v) is 13.7. The molecular formula is C15H17BrFNO4. The number of carboxylic acids is 1. The lowest BCUT2D eigenvalue weighted by atomic mass is 9.80.